The molecule has 0 aromatic rings. The molecule has 0 aromatic heterocycles. The van der Waals surface area contributed by atoms with Crippen molar-refractivity contribution in [2.24, 2.45) is 5.92 Å². The average Bonchev–Trinajstić information content (AvgIpc) is 2.45. The fourth-order valence-corrected chi connectivity index (χ4v) is 2.90. The minimum atomic E-state index is 0.0489. The molecule has 1 heterocycles. The van der Waals surface area contributed by atoms with Crippen LogP contribution in [-0.4, -0.2) is 25.0 Å². The third kappa shape index (κ3) is 7.88. The van der Waals surface area contributed by atoms with Crippen LogP contribution >= 0.6 is 0 Å². The number of carbonyl (C=O) groups excluding carboxylic acids is 1. The molecule has 0 saturated carbocycles. The zero-order valence-corrected chi connectivity index (χ0v) is 13.5. The maximum atomic E-state index is 12.0. The fourth-order valence-electron chi connectivity index (χ4n) is 2.90. The highest BCUT2D eigenvalue weighted by atomic mass is 16.2. The molecule has 2 atom stereocenters. The van der Waals surface area contributed by atoms with Crippen molar-refractivity contribution in [2.75, 3.05) is 13.1 Å². The monoisotopic (exact) mass is 282 g/mol. The van der Waals surface area contributed by atoms with Crippen LogP contribution in [0.15, 0.2) is 0 Å². The van der Waals surface area contributed by atoms with E-state index in [1.54, 1.807) is 0 Å². The van der Waals surface area contributed by atoms with Gasteiger partial charge in [-0.25, -0.2) is 0 Å². The summed E-state index contributed by atoms with van der Waals surface area (Å²) in [7, 11) is 0. The van der Waals surface area contributed by atoms with Crippen molar-refractivity contribution in [3.05, 3.63) is 0 Å². The number of nitrogens with one attached hydrogen (secondary N) is 2. The molecule has 0 radical (unpaired) electrons. The zero-order chi connectivity index (χ0) is 14.6. The molecular formula is C17H34N2O. The highest BCUT2D eigenvalue weighted by molar-refractivity contribution is 5.81. The van der Waals surface area contributed by atoms with Crippen LogP contribution in [0.25, 0.3) is 0 Å². The molecule has 0 aromatic carbocycles. The summed E-state index contributed by atoms with van der Waals surface area (Å²) in [5, 5.41) is 6.40. The van der Waals surface area contributed by atoms with Crippen molar-refractivity contribution in [2.45, 2.75) is 84.1 Å². The normalized spacial score (nSPS) is 22.7. The first kappa shape index (κ1) is 17.5. The summed E-state index contributed by atoms with van der Waals surface area (Å²) in [6, 6.07) is 0.0489. The minimum absolute atomic E-state index is 0.0489. The summed E-state index contributed by atoms with van der Waals surface area (Å²) in [5.41, 5.74) is 0. The predicted octanol–water partition coefficient (Wildman–Crippen LogP) is 3.63. The molecule has 118 valence electrons. The van der Waals surface area contributed by atoms with Gasteiger partial charge in [0.05, 0.1) is 6.04 Å². The van der Waals surface area contributed by atoms with Gasteiger partial charge in [-0.2, -0.15) is 0 Å². The lowest BCUT2D eigenvalue weighted by Gasteiger charge is -2.27. The van der Waals surface area contributed by atoms with E-state index in [2.05, 4.69) is 24.5 Å². The Hall–Kier alpha value is -0.570. The molecule has 1 aliphatic rings. The summed E-state index contributed by atoms with van der Waals surface area (Å²) in [4.78, 5) is 12.0. The van der Waals surface area contributed by atoms with Crippen molar-refractivity contribution in [1.82, 2.24) is 10.6 Å². The first-order chi connectivity index (χ1) is 9.74. The van der Waals surface area contributed by atoms with E-state index in [1.807, 2.05) is 0 Å². The largest absolute Gasteiger partial charge is 0.355 e. The highest BCUT2D eigenvalue weighted by Gasteiger charge is 2.23. The van der Waals surface area contributed by atoms with E-state index in [9.17, 15) is 4.79 Å². The van der Waals surface area contributed by atoms with Crippen molar-refractivity contribution in [1.29, 1.82) is 0 Å². The van der Waals surface area contributed by atoms with Gasteiger partial charge in [-0.3, -0.25) is 4.79 Å². The van der Waals surface area contributed by atoms with Crippen molar-refractivity contribution < 1.29 is 4.79 Å². The molecule has 1 saturated heterocycles. The van der Waals surface area contributed by atoms with Gasteiger partial charge in [0.25, 0.3) is 0 Å². The van der Waals surface area contributed by atoms with Gasteiger partial charge in [-0.15, -0.1) is 0 Å². The van der Waals surface area contributed by atoms with E-state index in [1.165, 1.54) is 51.4 Å². The van der Waals surface area contributed by atoms with E-state index in [4.69, 9.17) is 0 Å². The lowest BCUT2D eigenvalue weighted by molar-refractivity contribution is -0.124. The molecule has 3 heteroatoms. The first-order valence-electron chi connectivity index (χ1n) is 8.75. The standard InChI is InChI=1S/C17H34N2O/c1-3-4-5-6-7-8-9-10-12-19-17(20)16-14-15(2)11-13-18-16/h15-16,18H,3-14H2,1-2H3,(H,19,20). The fraction of sp³-hybridized carbons (Fsp3) is 0.941. The Balaban J connectivity index is 1.91. The number of piperidine rings is 1. The van der Waals surface area contributed by atoms with Crippen molar-refractivity contribution >= 4 is 5.91 Å². The van der Waals surface area contributed by atoms with Crippen molar-refractivity contribution in [3.8, 4) is 0 Å². The van der Waals surface area contributed by atoms with Crippen LogP contribution < -0.4 is 10.6 Å². The van der Waals surface area contributed by atoms with E-state index >= 15 is 0 Å². The smallest absolute Gasteiger partial charge is 0.237 e. The Kier molecular flexibility index (Phi) is 9.73. The maximum absolute atomic E-state index is 12.0. The molecule has 3 nitrogen and oxygen atoms in total. The Morgan fingerprint density at radius 1 is 1.10 bits per heavy atom. The summed E-state index contributed by atoms with van der Waals surface area (Å²) < 4.78 is 0. The number of hydrogen-bond donors (Lipinski definition) is 2. The third-order valence-electron chi connectivity index (χ3n) is 4.31. The number of amides is 1. The van der Waals surface area contributed by atoms with Crippen LogP contribution in [0.2, 0.25) is 0 Å². The van der Waals surface area contributed by atoms with Gasteiger partial charge < -0.3 is 10.6 Å². The molecule has 0 aliphatic carbocycles. The summed E-state index contributed by atoms with van der Waals surface area (Å²) in [6.45, 7) is 6.32. The van der Waals surface area contributed by atoms with E-state index in [0.29, 0.717) is 5.92 Å². The molecule has 2 N–H and O–H groups in total. The number of hydrogen-bond acceptors (Lipinski definition) is 2. The number of rotatable bonds is 10. The quantitative estimate of drug-likeness (QED) is 0.601. The van der Waals surface area contributed by atoms with Gasteiger partial charge in [-0.05, 0) is 31.7 Å². The zero-order valence-electron chi connectivity index (χ0n) is 13.5. The predicted molar refractivity (Wildman–Crippen MR) is 85.8 cm³/mol. The lowest BCUT2D eigenvalue weighted by Crippen LogP contribution is -2.48. The van der Waals surface area contributed by atoms with Gasteiger partial charge in [0.1, 0.15) is 0 Å². The summed E-state index contributed by atoms with van der Waals surface area (Å²) >= 11 is 0. The van der Waals surface area contributed by atoms with Gasteiger partial charge in [0.2, 0.25) is 5.91 Å². The molecule has 0 spiro atoms. The van der Waals surface area contributed by atoms with E-state index in [0.717, 1.165) is 25.9 Å². The van der Waals surface area contributed by atoms with Gasteiger partial charge in [-0.1, -0.05) is 58.8 Å². The molecule has 20 heavy (non-hydrogen) atoms. The van der Waals surface area contributed by atoms with Gasteiger partial charge in [0, 0.05) is 6.54 Å². The summed E-state index contributed by atoms with van der Waals surface area (Å²) in [5.74, 6) is 0.884. The minimum Gasteiger partial charge on any atom is -0.355 e. The van der Waals surface area contributed by atoms with E-state index < -0.39 is 0 Å². The van der Waals surface area contributed by atoms with Gasteiger partial charge >= 0.3 is 0 Å². The molecule has 0 bridgehead atoms. The Bertz CT molecular complexity index is 255. The maximum Gasteiger partial charge on any atom is 0.237 e. The Morgan fingerprint density at radius 2 is 1.75 bits per heavy atom. The second kappa shape index (κ2) is 11.1. The van der Waals surface area contributed by atoms with Crippen LogP contribution in [0.3, 0.4) is 0 Å². The third-order valence-corrected chi connectivity index (χ3v) is 4.31. The molecule has 1 rings (SSSR count). The molecule has 1 amide bonds. The van der Waals surface area contributed by atoms with Crippen LogP contribution in [0.5, 0.6) is 0 Å². The molecular weight excluding hydrogens is 248 g/mol. The number of unbranched alkanes of at least 4 members (excludes halogenated alkanes) is 7. The van der Waals surface area contributed by atoms with Crippen LogP contribution in [-0.2, 0) is 4.79 Å². The number of carbonyl (C=O) groups is 1. The highest BCUT2D eigenvalue weighted by Crippen LogP contribution is 2.15. The lowest BCUT2D eigenvalue weighted by atomic mass is 9.94. The van der Waals surface area contributed by atoms with Gasteiger partial charge in [0.15, 0.2) is 0 Å². The average molecular weight is 282 g/mol. The van der Waals surface area contributed by atoms with Crippen molar-refractivity contribution in [3.63, 3.8) is 0 Å². The van der Waals surface area contributed by atoms with Crippen LogP contribution in [0, 0.1) is 5.92 Å². The second-order valence-electron chi connectivity index (χ2n) is 6.40. The molecule has 1 fully saturated rings. The summed E-state index contributed by atoms with van der Waals surface area (Å²) in [6.07, 6.45) is 12.7. The second-order valence-corrected chi connectivity index (χ2v) is 6.40. The SMILES string of the molecule is CCCCCCCCCCNC(=O)C1CC(C)CCN1. The molecule has 2 unspecified atom stereocenters. The first-order valence-corrected chi connectivity index (χ1v) is 8.75. The van der Waals surface area contributed by atoms with Crippen LogP contribution in [0.4, 0.5) is 0 Å². The topological polar surface area (TPSA) is 41.1 Å². The Morgan fingerprint density at radius 3 is 2.40 bits per heavy atom. The van der Waals surface area contributed by atoms with Crippen LogP contribution in [0.1, 0.15) is 78.1 Å². The van der Waals surface area contributed by atoms with E-state index in [-0.39, 0.29) is 11.9 Å². The Labute approximate surface area is 125 Å². The molecule has 1 aliphatic heterocycles.